The molecule has 0 spiro atoms. The Morgan fingerprint density at radius 2 is 2.03 bits per heavy atom. The number of benzene rings is 1. The molecule has 0 bridgehead atoms. The molecule has 3 aromatic rings. The quantitative estimate of drug-likeness (QED) is 0.468. The number of carbonyl (C=O) groups is 1. The Hall–Kier alpha value is -2.81. The summed E-state index contributed by atoms with van der Waals surface area (Å²) in [5, 5.41) is 11.9. The third-order valence-electron chi connectivity index (χ3n) is 6.96. The van der Waals surface area contributed by atoms with Crippen molar-refractivity contribution in [2.24, 2.45) is 5.92 Å². The van der Waals surface area contributed by atoms with Gasteiger partial charge in [-0.1, -0.05) is 18.2 Å². The van der Waals surface area contributed by atoms with Gasteiger partial charge in [0.2, 0.25) is 0 Å². The fraction of sp³-hybridized carbons (Fsp3) is 0.519. The molecule has 35 heavy (non-hydrogen) atoms. The fourth-order valence-corrected chi connectivity index (χ4v) is 4.69. The summed E-state index contributed by atoms with van der Waals surface area (Å²) in [5.41, 5.74) is 4.50. The summed E-state index contributed by atoms with van der Waals surface area (Å²) in [6.07, 6.45) is 5.97. The zero-order chi connectivity index (χ0) is 24.2. The summed E-state index contributed by atoms with van der Waals surface area (Å²) in [6.45, 7) is 5.02. The van der Waals surface area contributed by atoms with E-state index >= 15 is 0 Å². The molecule has 8 nitrogen and oxygen atoms in total. The molecular weight excluding hydrogens is 440 g/mol. The highest BCUT2D eigenvalue weighted by atomic mass is 16.5. The molecule has 186 valence electrons. The molecule has 3 heterocycles. The minimum Gasteiger partial charge on any atom is -0.381 e. The smallest absolute Gasteiger partial charge is 0.252 e. The van der Waals surface area contributed by atoms with Crippen molar-refractivity contribution in [1.29, 1.82) is 0 Å². The molecule has 1 aliphatic carbocycles. The number of rotatable bonds is 10. The van der Waals surface area contributed by atoms with Crippen LogP contribution in [0.2, 0.25) is 0 Å². The number of likely N-dealkylation sites (N-methyl/N-ethyl adjacent to an activating group) is 2. The molecule has 0 unspecified atom stereocenters. The summed E-state index contributed by atoms with van der Waals surface area (Å²) in [7, 11) is 4.10. The molecule has 2 aliphatic rings. The Balaban J connectivity index is 1.47. The lowest BCUT2D eigenvalue weighted by molar-refractivity contribution is 0.0697. The van der Waals surface area contributed by atoms with Gasteiger partial charge in [-0.05, 0) is 63.4 Å². The van der Waals surface area contributed by atoms with Crippen molar-refractivity contribution in [2.45, 2.75) is 44.8 Å². The molecule has 2 N–H and O–H groups in total. The van der Waals surface area contributed by atoms with Gasteiger partial charge in [-0.2, -0.15) is 5.10 Å². The zero-order valence-electron chi connectivity index (χ0n) is 20.8. The summed E-state index contributed by atoms with van der Waals surface area (Å²) < 4.78 is 7.44. The van der Waals surface area contributed by atoms with Crippen molar-refractivity contribution >= 4 is 16.9 Å². The van der Waals surface area contributed by atoms with E-state index in [1.54, 1.807) is 6.20 Å². The Kier molecular flexibility index (Phi) is 7.41. The van der Waals surface area contributed by atoms with Crippen LogP contribution in [-0.2, 0) is 17.8 Å². The minimum atomic E-state index is -0.0560. The summed E-state index contributed by atoms with van der Waals surface area (Å²) >= 11 is 0. The van der Waals surface area contributed by atoms with E-state index < -0.39 is 0 Å². The van der Waals surface area contributed by atoms with Crippen molar-refractivity contribution in [1.82, 2.24) is 30.3 Å². The highest BCUT2D eigenvalue weighted by molar-refractivity contribution is 6.06. The standard InChI is InChI=1S/C27H36N6O2/c1-28-10-11-32(2)17-20-4-3-5-21(14-20)25-15-23(27(34)30-22-8-12-35-13-9-22)24-16-29-33(26(24)31-25)18-19-6-7-19/h3-5,14-16,19,22,28H,6-13,17-18H2,1-2H3,(H,30,34). The first-order chi connectivity index (χ1) is 17.1. The van der Waals surface area contributed by atoms with Crippen LogP contribution in [0.15, 0.2) is 36.5 Å². The molecule has 1 saturated heterocycles. The van der Waals surface area contributed by atoms with Crippen LogP contribution < -0.4 is 10.6 Å². The van der Waals surface area contributed by atoms with Gasteiger partial charge in [0, 0.05) is 51.0 Å². The Morgan fingerprint density at radius 1 is 1.20 bits per heavy atom. The maximum atomic E-state index is 13.4. The Morgan fingerprint density at radius 3 is 2.80 bits per heavy atom. The highest BCUT2D eigenvalue weighted by Gasteiger charge is 2.25. The molecule has 2 fully saturated rings. The number of hydrogen-bond acceptors (Lipinski definition) is 6. The molecular formula is C27H36N6O2. The van der Waals surface area contributed by atoms with Gasteiger partial charge in [-0.3, -0.25) is 4.79 Å². The van der Waals surface area contributed by atoms with Crippen LogP contribution in [0.4, 0.5) is 0 Å². The van der Waals surface area contributed by atoms with Gasteiger partial charge in [0.15, 0.2) is 5.65 Å². The van der Waals surface area contributed by atoms with Crippen molar-refractivity contribution in [2.75, 3.05) is 40.4 Å². The monoisotopic (exact) mass is 476 g/mol. The predicted octanol–water partition coefficient (Wildman–Crippen LogP) is 3.07. The molecule has 1 saturated carbocycles. The van der Waals surface area contributed by atoms with Crippen LogP contribution in [0.5, 0.6) is 0 Å². The molecule has 1 aliphatic heterocycles. The molecule has 0 atom stereocenters. The number of carbonyl (C=O) groups excluding carboxylic acids is 1. The van der Waals surface area contributed by atoms with Crippen molar-refractivity contribution in [3.8, 4) is 11.3 Å². The number of amides is 1. The third-order valence-corrected chi connectivity index (χ3v) is 6.96. The second-order valence-electron chi connectivity index (χ2n) is 9.96. The van der Waals surface area contributed by atoms with E-state index in [4.69, 9.17) is 9.72 Å². The lowest BCUT2D eigenvalue weighted by Gasteiger charge is -2.23. The fourth-order valence-electron chi connectivity index (χ4n) is 4.69. The Bertz CT molecular complexity index is 1170. The number of nitrogens with zero attached hydrogens (tertiary/aromatic N) is 4. The van der Waals surface area contributed by atoms with Gasteiger partial charge in [0.1, 0.15) is 0 Å². The molecule has 1 amide bonds. The normalized spacial score (nSPS) is 16.8. The number of nitrogens with one attached hydrogen (secondary N) is 2. The lowest BCUT2D eigenvalue weighted by atomic mass is 10.0. The summed E-state index contributed by atoms with van der Waals surface area (Å²) in [4.78, 5) is 20.8. The van der Waals surface area contributed by atoms with E-state index in [1.807, 2.05) is 17.8 Å². The van der Waals surface area contributed by atoms with Crippen molar-refractivity contribution in [3.63, 3.8) is 0 Å². The molecule has 1 aromatic carbocycles. The van der Waals surface area contributed by atoms with Gasteiger partial charge >= 0.3 is 0 Å². The number of ether oxygens (including phenoxy) is 1. The second kappa shape index (κ2) is 10.8. The predicted molar refractivity (Wildman–Crippen MR) is 137 cm³/mol. The maximum absolute atomic E-state index is 13.4. The average molecular weight is 477 g/mol. The van der Waals surface area contributed by atoms with E-state index in [0.29, 0.717) is 24.7 Å². The summed E-state index contributed by atoms with van der Waals surface area (Å²) in [5.74, 6) is 0.610. The van der Waals surface area contributed by atoms with Gasteiger partial charge in [-0.15, -0.1) is 0 Å². The van der Waals surface area contributed by atoms with Crippen LogP contribution in [0.3, 0.4) is 0 Å². The van der Waals surface area contributed by atoms with Crippen LogP contribution in [0.25, 0.3) is 22.3 Å². The molecule has 5 rings (SSSR count). The first-order valence-corrected chi connectivity index (χ1v) is 12.8. The topological polar surface area (TPSA) is 84.3 Å². The van der Waals surface area contributed by atoms with Crippen molar-refractivity contribution < 1.29 is 9.53 Å². The van der Waals surface area contributed by atoms with E-state index in [0.717, 1.165) is 61.3 Å². The Labute approximate surface area is 207 Å². The first kappa shape index (κ1) is 23.9. The second-order valence-corrected chi connectivity index (χ2v) is 9.96. The summed E-state index contributed by atoms with van der Waals surface area (Å²) in [6, 6.07) is 10.6. The first-order valence-electron chi connectivity index (χ1n) is 12.8. The van der Waals surface area contributed by atoms with E-state index in [-0.39, 0.29) is 11.9 Å². The number of pyridine rings is 1. The van der Waals surface area contributed by atoms with Gasteiger partial charge < -0.3 is 20.3 Å². The minimum absolute atomic E-state index is 0.0560. The number of hydrogen-bond donors (Lipinski definition) is 2. The van der Waals surface area contributed by atoms with Gasteiger partial charge in [0.25, 0.3) is 5.91 Å². The lowest BCUT2D eigenvalue weighted by Crippen LogP contribution is -2.39. The van der Waals surface area contributed by atoms with Crippen LogP contribution in [0, 0.1) is 5.92 Å². The molecule has 2 aromatic heterocycles. The van der Waals surface area contributed by atoms with Crippen LogP contribution in [0.1, 0.15) is 41.6 Å². The average Bonchev–Trinajstić information content (AvgIpc) is 3.61. The zero-order valence-corrected chi connectivity index (χ0v) is 20.8. The van der Waals surface area contributed by atoms with Crippen LogP contribution >= 0.6 is 0 Å². The van der Waals surface area contributed by atoms with Gasteiger partial charge in [-0.25, -0.2) is 9.67 Å². The largest absolute Gasteiger partial charge is 0.381 e. The van der Waals surface area contributed by atoms with E-state index in [1.165, 1.54) is 18.4 Å². The third kappa shape index (κ3) is 5.89. The molecule has 0 radical (unpaired) electrons. The molecule has 8 heteroatoms. The van der Waals surface area contributed by atoms with Crippen molar-refractivity contribution in [3.05, 3.63) is 47.7 Å². The SMILES string of the molecule is CNCCN(C)Cc1cccc(-c2cc(C(=O)NC3CCOCC3)c3cnn(CC4CC4)c3n2)c1. The maximum Gasteiger partial charge on any atom is 0.252 e. The highest BCUT2D eigenvalue weighted by Crippen LogP contribution is 2.32. The van der Waals surface area contributed by atoms with Crippen LogP contribution in [-0.4, -0.2) is 72.0 Å². The van der Waals surface area contributed by atoms with E-state index in [2.05, 4.69) is 51.9 Å². The van der Waals surface area contributed by atoms with Gasteiger partial charge in [0.05, 0.1) is 22.8 Å². The number of fused-ring (bicyclic) bond motifs is 1. The van der Waals surface area contributed by atoms with E-state index in [9.17, 15) is 4.79 Å². The number of aromatic nitrogens is 3.